The lowest BCUT2D eigenvalue weighted by atomic mass is 9.93. The van der Waals surface area contributed by atoms with Gasteiger partial charge in [0.25, 0.3) is 0 Å². The highest BCUT2D eigenvalue weighted by Crippen LogP contribution is 2.62. The lowest BCUT2D eigenvalue weighted by Crippen LogP contribution is -2.41. The molecule has 1 aromatic rings. The minimum atomic E-state index is -1.62. The second-order valence-electron chi connectivity index (χ2n) is 7.93. The van der Waals surface area contributed by atoms with Crippen molar-refractivity contribution in [2.24, 2.45) is 17.3 Å². The molecule has 152 valence electrons. The number of halogens is 4. The highest BCUT2D eigenvalue weighted by molar-refractivity contribution is 5.78. The molecule has 1 aliphatic carbocycles. The maximum Gasteiger partial charge on any atom is 0.310 e. The van der Waals surface area contributed by atoms with Crippen molar-refractivity contribution in [1.29, 1.82) is 0 Å². The summed E-state index contributed by atoms with van der Waals surface area (Å²) in [6, 6.07) is 0. The van der Waals surface area contributed by atoms with Gasteiger partial charge in [0.15, 0.2) is 23.3 Å². The fraction of sp³-hybridized carbons (Fsp3) is 0.611. The average Bonchev–Trinajstić information content (AvgIpc) is 3.19. The number of ether oxygens (including phenoxy) is 1. The molecule has 0 bridgehead atoms. The number of benzene rings is 1. The monoisotopic (exact) mass is 394 g/mol. The van der Waals surface area contributed by atoms with Gasteiger partial charge < -0.3 is 9.84 Å². The lowest BCUT2D eigenvalue weighted by molar-refractivity contribution is -0.336. The maximum absolute atomic E-state index is 13.9. The van der Waals surface area contributed by atoms with Gasteiger partial charge in [0.2, 0.25) is 0 Å². The van der Waals surface area contributed by atoms with Crippen LogP contribution >= 0.6 is 0 Å². The largest absolute Gasteiger partial charge is 0.460 e. The second-order valence-corrected chi connectivity index (χ2v) is 7.93. The summed E-state index contributed by atoms with van der Waals surface area (Å²) in [7, 11) is 0. The van der Waals surface area contributed by atoms with Crippen molar-refractivity contribution in [3.8, 4) is 0 Å². The van der Waals surface area contributed by atoms with Crippen molar-refractivity contribution >= 4 is 5.97 Å². The van der Waals surface area contributed by atoms with Gasteiger partial charge in [0.1, 0.15) is 12.2 Å². The topological polar surface area (TPSA) is 76.0 Å². The first-order valence-corrected chi connectivity index (χ1v) is 8.27. The molecule has 1 fully saturated rings. The number of aliphatic hydroxyl groups excluding tert-OH is 1. The van der Waals surface area contributed by atoms with Crippen LogP contribution < -0.4 is 0 Å². The molecule has 2 rings (SSSR count). The van der Waals surface area contributed by atoms with Crippen LogP contribution in [0.4, 0.5) is 17.6 Å². The molecule has 1 aliphatic rings. The maximum atomic E-state index is 13.9. The molecule has 0 radical (unpaired) electrons. The van der Waals surface area contributed by atoms with Crippen LogP contribution in [0.25, 0.3) is 0 Å². The highest BCUT2D eigenvalue weighted by Gasteiger charge is 2.67. The summed E-state index contributed by atoms with van der Waals surface area (Å²) in [6.07, 6.45) is -1.24. The molecule has 1 aromatic carbocycles. The van der Waals surface area contributed by atoms with Crippen LogP contribution in [0, 0.1) is 47.4 Å². The Morgan fingerprint density at radius 2 is 1.63 bits per heavy atom. The fourth-order valence-corrected chi connectivity index (χ4v) is 3.35. The Hall–Kier alpha value is -1.71. The number of aliphatic hydroxyl groups is 1. The Balaban J connectivity index is 2.16. The zero-order chi connectivity index (χ0) is 20.9. The molecular weight excluding hydrogens is 372 g/mol. The van der Waals surface area contributed by atoms with Gasteiger partial charge in [-0.05, 0) is 26.2 Å². The van der Waals surface area contributed by atoms with E-state index in [0.717, 1.165) is 6.92 Å². The number of rotatable bonds is 6. The Kier molecular flexibility index (Phi) is 5.62. The van der Waals surface area contributed by atoms with Gasteiger partial charge in [0, 0.05) is 11.5 Å². The summed E-state index contributed by atoms with van der Waals surface area (Å²) in [5.74, 6) is -8.76. The first-order chi connectivity index (χ1) is 12.3. The first-order valence-electron chi connectivity index (χ1n) is 8.27. The molecule has 0 aromatic heterocycles. The molecule has 0 amide bonds. The van der Waals surface area contributed by atoms with E-state index in [9.17, 15) is 27.5 Å². The van der Waals surface area contributed by atoms with Crippen molar-refractivity contribution in [2.45, 2.75) is 52.9 Å². The summed E-state index contributed by atoms with van der Waals surface area (Å²) in [4.78, 5) is 16.6. The van der Waals surface area contributed by atoms with E-state index in [2.05, 4.69) is 4.89 Å². The van der Waals surface area contributed by atoms with Crippen molar-refractivity contribution in [2.75, 3.05) is 0 Å². The summed E-state index contributed by atoms with van der Waals surface area (Å²) >= 11 is 0. The summed E-state index contributed by atoms with van der Waals surface area (Å²) < 4.78 is 59.8. The van der Waals surface area contributed by atoms with E-state index in [0.29, 0.717) is 0 Å². The summed E-state index contributed by atoms with van der Waals surface area (Å²) in [6.45, 7) is 6.03. The van der Waals surface area contributed by atoms with Crippen molar-refractivity contribution in [3.05, 3.63) is 34.4 Å². The van der Waals surface area contributed by atoms with Crippen molar-refractivity contribution in [3.63, 3.8) is 0 Å². The number of carbonyl (C=O) groups is 1. The van der Waals surface area contributed by atoms with Gasteiger partial charge in [-0.25, -0.2) is 22.4 Å². The van der Waals surface area contributed by atoms with E-state index in [1.54, 1.807) is 13.8 Å². The minimum Gasteiger partial charge on any atom is -0.460 e. The smallest absolute Gasteiger partial charge is 0.310 e. The van der Waals surface area contributed by atoms with Crippen LogP contribution in [-0.2, 0) is 21.0 Å². The predicted molar refractivity (Wildman–Crippen MR) is 85.4 cm³/mol. The summed E-state index contributed by atoms with van der Waals surface area (Å²) in [5, 5.41) is 19.2. The van der Waals surface area contributed by atoms with Crippen molar-refractivity contribution < 1.29 is 42.3 Å². The predicted octanol–water partition coefficient (Wildman–Crippen LogP) is 3.50. The molecule has 0 saturated heterocycles. The van der Waals surface area contributed by atoms with Crippen LogP contribution in [-0.4, -0.2) is 28.0 Å². The normalized spacial score (nSPS) is 22.5. The van der Waals surface area contributed by atoms with Gasteiger partial charge in [-0.3, -0.25) is 10.1 Å². The Labute approximate surface area is 153 Å². The van der Waals surface area contributed by atoms with Gasteiger partial charge in [-0.2, -0.15) is 0 Å². The van der Waals surface area contributed by atoms with Gasteiger partial charge in [-0.15, -0.1) is 0 Å². The van der Waals surface area contributed by atoms with Crippen LogP contribution in [0.15, 0.2) is 0 Å². The zero-order valence-corrected chi connectivity index (χ0v) is 15.6. The van der Waals surface area contributed by atoms with E-state index in [-0.39, 0.29) is 0 Å². The molecule has 27 heavy (non-hydrogen) atoms. The van der Waals surface area contributed by atoms with Crippen LogP contribution in [0.1, 0.15) is 38.8 Å². The first kappa shape index (κ1) is 21.6. The van der Waals surface area contributed by atoms with Crippen LogP contribution in [0.2, 0.25) is 0 Å². The standard InChI is InChI=1S/C18H22F4O5/c1-7-11(19)13(21)8(14(22)12(7)20)6-26-16(24)10-9(17(10,2)3)15(23)18(4,5)27-25/h9-10,15,23,25H,6H2,1-5H3. The third-order valence-corrected chi connectivity index (χ3v) is 5.38. The SMILES string of the molecule is Cc1c(F)c(F)c(COC(=O)C2C(C(O)C(C)(C)OO)C2(C)C)c(F)c1F. The molecule has 5 nitrogen and oxygen atoms in total. The fourth-order valence-electron chi connectivity index (χ4n) is 3.35. The van der Waals surface area contributed by atoms with Gasteiger partial charge in [0.05, 0.1) is 17.6 Å². The van der Waals surface area contributed by atoms with Crippen LogP contribution in [0.3, 0.4) is 0 Å². The second kappa shape index (κ2) is 7.03. The van der Waals surface area contributed by atoms with Crippen molar-refractivity contribution in [1.82, 2.24) is 0 Å². The number of esters is 1. The molecule has 0 aliphatic heterocycles. The lowest BCUT2D eigenvalue weighted by Gasteiger charge is -2.27. The highest BCUT2D eigenvalue weighted by atomic mass is 19.2. The Morgan fingerprint density at radius 3 is 2.07 bits per heavy atom. The molecule has 3 atom stereocenters. The number of hydrogen-bond acceptors (Lipinski definition) is 5. The molecule has 9 heteroatoms. The molecule has 1 saturated carbocycles. The average molecular weight is 394 g/mol. The van der Waals surface area contributed by atoms with E-state index >= 15 is 0 Å². The van der Waals surface area contributed by atoms with Gasteiger partial charge >= 0.3 is 5.97 Å². The molecule has 0 spiro atoms. The van der Waals surface area contributed by atoms with E-state index in [1.165, 1.54) is 13.8 Å². The molecule has 0 heterocycles. The number of hydrogen-bond donors (Lipinski definition) is 2. The molecular formula is C18H22F4O5. The van der Waals surface area contributed by atoms with E-state index in [4.69, 9.17) is 9.99 Å². The van der Waals surface area contributed by atoms with E-state index < -0.39 is 75.9 Å². The quantitative estimate of drug-likeness (QED) is 0.254. The number of carbonyl (C=O) groups excluding carboxylic acids is 1. The van der Waals surface area contributed by atoms with Crippen LogP contribution in [0.5, 0.6) is 0 Å². The summed E-state index contributed by atoms with van der Waals surface area (Å²) in [5.41, 5.74) is -3.94. The Bertz CT molecular complexity index is 734. The minimum absolute atomic E-state index is 0.659. The molecule has 3 unspecified atom stereocenters. The third-order valence-electron chi connectivity index (χ3n) is 5.38. The zero-order valence-electron chi connectivity index (χ0n) is 15.6. The molecule has 2 N–H and O–H groups in total. The van der Waals surface area contributed by atoms with E-state index in [1.807, 2.05) is 0 Å². The third kappa shape index (κ3) is 3.55. The Morgan fingerprint density at radius 1 is 1.15 bits per heavy atom. The van der Waals surface area contributed by atoms with Gasteiger partial charge in [-0.1, -0.05) is 13.8 Å².